The molecule has 1 N–H and O–H groups in total. The molecule has 22 heavy (non-hydrogen) atoms. The normalized spacial score (nSPS) is 10.4. The molecule has 0 bridgehead atoms. The monoisotopic (exact) mass is 291 g/mol. The van der Waals surface area contributed by atoms with Crippen LogP contribution in [0, 0.1) is 24.1 Å². The van der Waals surface area contributed by atoms with Gasteiger partial charge in [-0.3, -0.25) is 4.98 Å². The molecule has 0 radical (unpaired) electrons. The van der Waals surface area contributed by atoms with Gasteiger partial charge in [0.2, 0.25) is 0 Å². The maximum atomic E-state index is 13.6. The van der Waals surface area contributed by atoms with Crippen LogP contribution in [0.5, 0.6) is 0 Å². The van der Waals surface area contributed by atoms with E-state index in [0.29, 0.717) is 17.7 Å². The molecule has 108 valence electrons. The fourth-order valence-corrected chi connectivity index (χ4v) is 2.35. The van der Waals surface area contributed by atoms with E-state index in [0.717, 1.165) is 22.2 Å². The summed E-state index contributed by atoms with van der Waals surface area (Å²) >= 11 is 0. The van der Waals surface area contributed by atoms with Crippen LogP contribution in [-0.2, 0) is 6.54 Å². The number of pyridine rings is 1. The standard InChI is InChI=1S/C18H14FN3/c1-12-6-7-13(8-16(12)19)10-22-18-14(9-20)11-21-17-5-3-2-4-15(17)18/h2-8,11H,10H2,1H3,(H,21,22). The van der Waals surface area contributed by atoms with Crippen molar-refractivity contribution in [3.8, 4) is 6.07 Å². The molecular formula is C18H14FN3. The third kappa shape index (κ3) is 2.61. The van der Waals surface area contributed by atoms with Crippen molar-refractivity contribution < 1.29 is 4.39 Å². The molecule has 1 heterocycles. The van der Waals surface area contributed by atoms with Crippen molar-refractivity contribution >= 4 is 16.6 Å². The molecule has 0 unspecified atom stereocenters. The van der Waals surface area contributed by atoms with Crippen LogP contribution in [0.1, 0.15) is 16.7 Å². The van der Waals surface area contributed by atoms with Crippen LogP contribution in [0.2, 0.25) is 0 Å². The summed E-state index contributed by atoms with van der Waals surface area (Å²) in [7, 11) is 0. The summed E-state index contributed by atoms with van der Waals surface area (Å²) in [5.74, 6) is -0.223. The van der Waals surface area contributed by atoms with E-state index in [1.807, 2.05) is 30.3 Å². The first-order chi connectivity index (χ1) is 10.7. The Morgan fingerprint density at radius 2 is 2.05 bits per heavy atom. The van der Waals surface area contributed by atoms with Crippen molar-refractivity contribution in [2.75, 3.05) is 5.32 Å². The third-order valence-electron chi connectivity index (χ3n) is 3.60. The van der Waals surface area contributed by atoms with Gasteiger partial charge in [0, 0.05) is 18.1 Å². The van der Waals surface area contributed by atoms with Crippen LogP contribution in [-0.4, -0.2) is 4.98 Å². The van der Waals surface area contributed by atoms with Gasteiger partial charge in [-0.25, -0.2) is 4.39 Å². The Balaban J connectivity index is 1.96. The number of para-hydroxylation sites is 1. The first kappa shape index (κ1) is 14.0. The van der Waals surface area contributed by atoms with Gasteiger partial charge in [0.1, 0.15) is 11.9 Å². The largest absolute Gasteiger partial charge is 0.379 e. The maximum Gasteiger partial charge on any atom is 0.126 e. The van der Waals surface area contributed by atoms with E-state index in [9.17, 15) is 9.65 Å². The Morgan fingerprint density at radius 1 is 1.23 bits per heavy atom. The predicted molar refractivity (Wildman–Crippen MR) is 84.9 cm³/mol. The Bertz CT molecular complexity index is 881. The molecule has 4 heteroatoms. The van der Waals surface area contributed by atoms with Crippen LogP contribution >= 0.6 is 0 Å². The molecule has 3 nitrogen and oxygen atoms in total. The van der Waals surface area contributed by atoms with Crippen molar-refractivity contribution in [3.63, 3.8) is 0 Å². The lowest BCUT2D eigenvalue weighted by Crippen LogP contribution is -2.03. The highest BCUT2D eigenvalue weighted by Crippen LogP contribution is 2.26. The predicted octanol–water partition coefficient (Wildman–Crippen LogP) is 4.17. The number of halogens is 1. The average molecular weight is 291 g/mol. The quantitative estimate of drug-likeness (QED) is 0.788. The zero-order chi connectivity index (χ0) is 15.5. The molecule has 0 aliphatic rings. The minimum atomic E-state index is -0.223. The van der Waals surface area contributed by atoms with Gasteiger partial charge in [0.05, 0.1) is 16.8 Å². The van der Waals surface area contributed by atoms with Crippen LogP contribution in [0.15, 0.2) is 48.7 Å². The molecule has 0 fully saturated rings. The number of benzene rings is 2. The number of anilines is 1. The molecule has 0 amide bonds. The Kier molecular flexibility index (Phi) is 3.71. The van der Waals surface area contributed by atoms with Gasteiger partial charge < -0.3 is 5.32 Å². The molecule has 0 aliphatic carbocycles. The van der Waals surface area contributed by atoms with Crippen molar-refractivity contribution in [2.45, 2.75) is 13.5 Å². The topological polar surface area (TPSA) is 48.7 Å². The molecule has 3 rings (SSSR count). The number of rotatable bonds is 3. The van der Waals surface area contributed by atoms with Crippen molar-refractivity contribution in [2.24, 2.45) is 0 Å². The highest BCUT2D eigenvalue weighted by atomic mass is 19.1. The summed E-state index contributed by atoms with van der Waals surface area (Å²) < 4.78 is 13.6. The summed E-state index contributed by atoms with van der Waals surface area (Å²) in [4.78, 5) is 4.27. The number of aromatic nitrogens is 1. The van der Waals surface area contributed by atoms with Gasteiger partial charge in [0.15, 0.2) is 0 Å². The number of hydrogen-bond donors (Lipinski definition) is 1. The first-order valence-electron chi connectivity index (χ1n) is 6.96. The fourth-order valence-electron chi connectivity index (χ4n) is 2.35. The smallest absolute Gasteiger partial charge is 0.126 e. The Morgan fingerprint density at radius 3 is 2.82 bits per heavy atom. The number of nitriles is 1. The fraction of sp³-hybridized carbons (Fsp3) is 0.111. The van der Waals surface area contributed by atoms with E-state index in [2.05, 4.69) is 16.4 Å². The molecule has 0 saturated carbocycles. The molecule has 1 aromatic heterocycles. The number of hydrogen-bond acceptors (Lipinski definition) is 3. The highest BCUT2D eigenvalue weighted by molar-refractivity contribution is 5.93. The lowest BCUT2D eigenvalue weighted by Gasteiger charge is -2.11. The zero-order valence-electron chi connectivity index (χ0n) is 12.1. The molecule has 0 aliphatic heterocycles. The molecule has 0 spiro atoms. The summed E-state index contributed by atoms with van der Waals surface area (Å²) in [6.07, 6.45) is 1.56. The van der Waals surface area contributed by atoms with E-state index < -0.39 is 0 Å². The molecule has 0 saturated heterocycles. The van der Waals surface area contributed by atoms with Crippen molar-refractivity contribution in [1.82, 2.24) is 4.98 Å². The van der Waals surface area contributed by atoms with E-state index in [1.54, 1.807) is 19.2 Å². The molecule has 2 aromatic carbocycles. The molecular weight excluding hydrogens is 277 g/mol. The number of aryl methyl sites for hydroxylation is 1. The van der Waals surface area contributed by atoms with Crippen LogP contribution in [0.25, 0.3) is 10.9 Å². The maximum absolute atomic E-state index is 13.6. The lowest BCUT2D eigenvalue weighted by atomic mass is 10.1. The van der Waals surface area contributed by atoms with Crippen LogP contribution < -0.4 is 5.32 Å². The van der Waals surface area contributed by atoms with Gasteiger partial charge in [-0.05, 0) is 30.2 Å². The second-order valence-electron chi connectivity index (χ2n) is 5.11. The molecule has 0 atom stereocenters. The van der Waals surface area contributed by atoms with Gasteiger partial charge in [0.25, 0.3) is 0 Å². The van der Waals surface area contributed by atoms with Crippen molar-refractivity contribution in [1.29, 1.82) is 5.26 Å². The van der Waals surface area contributed by atoms with E-state index in [-0.39, 0.29) is 5.82 Å². The highest BCUT2D eigenvalue weighted by Gasteiger charge is 2.08. The Labute approximate surface area is 128 Å². The van der Waals surface area contributed by atoms with Gasteiger partial charge in [-0.15, -0.1) is 0 Å². The number of fused-ring (bicyclic) bond motifs is 1. The van der Waals surface area contributed by atoms with Crippen LogP contribution in [0.3, 0.4) is 0 Å². The van der Waals surface area contributed by atoms with E-state index in [4.69, 9.17) is 0 Å². The summed E-state index contributed by atoms with van der Waals surface area (Å²) in [6, 6.07) is 14.9. The summed E-state index contributed by atoms with van der Waals surface area (Å²) in [5.41, 5.74) is 3.48. The van der Waals surface area contributed by atoms with E-state index in [1.165, 1.54) is 6.07 Å². The minimum Gasteiger partial charge on any atom is -0.379 e. The summed E-state index contributed by atoms with van der Waals surface area (Å²) in [6.45, 7) is 2.18. The number of nitrogens with zero attached hydrogens (tertiary/aromatic N) is 2. The Hall–Kier alpha value is -2.93. The first-order valence-corrected chi connectivity index (χ1v) is 6.96. The van der Waals surface area contributed by atoms with Gasteiger partial charge >= 0.3 is 0 Å². The lowest BCUT2D eigenvalue weighted by molar-refractivity contribution is 0.616. The van der Waals surface area contributed by atoms with Crippen LogP contribution in [0.4, 0.5) is 10.1 Å². The summed E-state index contributed by atoms with van der Waals surface area (Å²) in [5, 5.41) is 13.4. The van der Waals surface area contributed by atoms with Gasteiger partial charge in [-0.2, -0.15) is 5.26 Å². The molecule has 3 aromatic rings. The van der Waals surface area contributed by atoms with E-state index >= 15 is 0 Å². The second kappa shape index (κ2) is 5.82. The van der Waals surface area contributed by atoms with Gasteiger partial charge in [-0.1, -0.05) is 30.3 Å². The minimum absolute atomic E-state index is 0.223. The average Bonchev–Trinajstić information content (AvgIpc) is 2.55. The van der Waals surface area contributed by atoms with Crippen molar-refractivity contribution in [3.05, 3.63) is 71.2 Å². The third-order valence-corrected chi connectivity index (χ3v) is 3.60. The second-order valence-corrected chi connectivity index (χ2v) is 5.11. The SMILES string of the molecule is Cc1ccc(CNc2c(C#N)cnc3ccccc23)cc1F. The zero-order valence-corrected chi connectivity index (χ0v) is 12.1. The number of nitrogens with one attached hydrogen (secondary N) is 1.